The van der Waals surface area contributed by atoms with E-state index in [9.17, 15) is 9.90 Å². The smallest absolute Gasteiger partial charge is 0.220 e. The van der Waals surface area contributed by atoms with Crippen molar-refractivity contribution in [3.8, 4) is 0 Å². The average molecular weight is 329 g/mol. The van der Waals surface area contributed by atoms with Crippen LogP contribution in [0.5, 0.6) is 0 Å². The molecular formula is C19H23NO2S. The SMILES string of the molecule is O=C(CCCc1ccc2ccccc2c1)NC[C@]1(O)CCSC1. The maximum absolute atomic E-state index is 11.9. The third-order valence-electron chi connectivity index (χ3n) is 4.38. The topological polar surface area (TPSA) is 49.3 Å². The van der Waals surface area contributed by atoms with Gasteiger partial charge in [-0.15, -0.1) is 0 Å². The van der Waals surface area contributed by atoms with Crippen LogP contribution in [-0.4, -0.2) is 34.7 Å². The number of amides is 1. The van der Waals surface area contributed by atoms with E-state index in [0.717, 1.165) is 30.8 Å². The van der Waals surface area contributed by atoms with E-state index in [1.807, 2.05) is 12.1 Å². The van der Waals surface area contributed by atoms with Crippen LogP contribution in [0.15, 0.2) is 42.5 Å². The van der Waals surface area contributed by atoms with E-state index in [0.29, 0.717) is 13.0 Å². The van der Waals surface area contributed by atoms with E-state index in [4.69, 9.17) is 0 Å². The minimum Gasteiger partial charge on any atom is -0.387 e. The van der Waals surface area contributed by atoms with Crippen LogP contribution in [0.25, 0.3) is 10.8 Å². The van der Waals surface area contributed by atoms with Gasteiger partial charge in [0.1, 0.15) is 0 Å². The minimum absolute atomic E-state index is 0.0381. The van der Waals surface area contributed by atoms with Gasteiger partial charge in [0.05, 0.1) is 5.60 Å². The van der Waals surface area contributed by atoms with E-state index >= 15 is 0 Å². The normalized spacial score (nSPS) is 20.7. The Morgan fingerprint density at radius 3 is 2.83 bits per heavy atom. The van der Waals surface area contributed by atoms with Gasteiger partial charge in [0.15, 0.2) is 0 Å². The van der Waals surface area contributed by atoms with Gasteiger partial charge in [0.25, 0.3) is 0 Å². The van der Waals surface area contributed by atoms with Gasteiger partial charge in [-0.05, 0) is 41.4 Å². The molecular weight excluding hydrogens is 306 g/mol. The zero-order valence-electron chi connectivity index (χ0n) is 13.3. The van der Waals surface area contributed by atoms with Crippen molar-refractivity contribution in [3.63, 3.8) is 0 Å². The lowest BCUT2D eigenvalue weighted by atomic mass is 10.0. The Morgan fingerprint density at radius 1 is 1.22 bits per heavy atom. The summed E-state index contributed by atoms with van der Waals surface area (Å²) in [6.45, 7) is 0.384. The van der Waals surface area contributed by atoms with Gasteiger partial charge < -0.3 is 10.4 Å². The van der Waals surface area contributed by atoms with Crippen LogP contribution in [0, 0.1) is 0 Å². The molecule has 0 bridgehead atoms. The van der Waals surface area contributed by atoms with E-state index in [1.165, 1.54) is 16.3 Å². The van der Waals surface area contributed by atoms with Gasteiger partial charge in [-0.3, -0.25) is 4.79 Å². The van der Waals surface area contributed by atoms with Gasteiger partial charge in [0, 0.05) is 18.7 Å². The largest absolute Gasteiger partial charge is 0.387 e. The second-order valence-corrected chi connectivity index (χ2v) is 7.44. The van der Waals surface area contributed by atoms with Crippen molar-refractivity contribution in [1.82, 2.24) is 5.32 Å². The monoisotopic (exact) mass is 329 g/mol. The maximum Gasteiger partial charge on any atom is 0.220 e. The second-order valence-electron chi connectivity index (χ2n) is 6.34. The molecule has 122 valence electrons. The van der Waals surface area contributed by atoms with Crippen LogP contribution < -0.4 is 5.32 Å². The summed E-state index contributed by atoms with van der Waals surface area (Å²) in [4.78, 5) is 11.9. The molecule has 1 fully saturated rings. The quantitative estimate of drug-likeness (QED) is 0.856. The number of hydrogen-bond donors (Lipinski definition) is 2. The molecule has 1 aliphatic heterocycles. The molecule has 0 radical (unpaired) electrons. The molecule has 2 aromatic carbocycles. The molecule has 0 saturated carbocycles. The van der Waals surface area contributed by atoms with Gasteiger partial charge >= 0.3 is 0 Å². The van der Waals surface area contributed by atoms with Gasteiger partial charge in [-0.1, -0.05) is 42.5 Å². The summed E-state index contributed by atoms with van der Waals surface area (Å²) in [5, 5.41) is 15.6. The third-order valence-corrected chi connectivity index (χ3v) is 5.61. The molecule has 1 atom stereocenters. The number of aryl methyl sites for hydroxylation is 1. The summed E-state index contributed by atoms with van der Waals surface area (Å²) in [5.74, 6) is 1.75. The van der Waals surface area contributed by atoms with E-state index in [2.05, 4.69) is 35.6 Å². The Labute approximate surface area is 141 Å². The van der Waals surface area contributed by atoms with Crippen molar-refractivity contribution < 1.29 is 9.90 Å². The summed E-state index contributed by atoms with van der Waals surface area (Å²) >= 11 is 1.75. The summed E-state index contributed by atoms with van der Waals surface area (Å²) in [5.41, 5.74) is 0.570. The number of hydrogen-bond acceptors (Lipinski definition) is 3. The number of carbonyl (C=O) groups is 1. The number of aliphatic hydroxyl groups is 1. The average Bonchev–Trinajstić information content (AvgIpc) is 3.00. The Morgan fingerprint density at radius 2 is 2.04 bits per heavy atom. The van der Waals surface area contributed by atoms with E-state index in [-0.39, 0.29) is 5.91 Å². The van der Waals surface area contributed by atoms with Crippen molar-refractivity contribution in [3.05, 3.63) is 48.0 Å². The fraction of sp³-hybridized carbons (Fsp3) is 0.421. The summed E-state index contributed by atoms with van der Waals surface area (Å²) in [6, 6.07) is 14.8. The molecule has 0 unspecified atom stereocenters. The molecule has 1 heterocycles. The van der Waals surface area contributed by atoms with Gasteiger partial charge in [0.2, 0.25) is 5.91 Å². The highest BCUT2D eigenvalue weighted by Crippen LogP contribution is 2.27. The van der Waals surface area contributed by atoms with Gasteiger partial charge in [-0.25, -0.2) is 0 Å². The second kappa shape index (κ2) is 7.37. The Kier molecular flexibility index (Phi) is 5.23. The Bertz CT molecular complexity index is 680. The van der Waals surface area contributed by atoms with Crippen molar-refractivity contribution in [1.29, 1.82) is 0 Å². The maximum atomic E-state index is 11.9. The lowest BCUT2D eigenvalue weighted by molar-refractivity contribution is -0.122. The standard InChI is InChI=1S/C19H23NO2S/c21-18(20-13-19(22)10-11-23-14-19)7-3-4-15-8-9-16-5-1-2-6-17(16)12-15/h1-2,5-6,8-9,12,22H,3-4,7,10-11,13-14H2,(H,20,21)/t19-/m1/s1. The highest BCUT2D eigenvalue weighted by Gasteiger charge is 2.31. The zero-order chi connectivity index (χ0) is 16.1. The highest BCUT2D eigenvalue weighted by atomic mass is 32.2. The van der Waals surface area contributed by atoms with E-state index < -0.39 is 5.60 Å². The zero-order valence-corrected chi connectivity index (χ0v) is 14.1. The predicted molar refractivity (Wildman–Crippen MR) is 96.8 cm³/mol. The van der Waals surface area contributed by atoms with Crippen molar-refractivity contribution in [2.24, 2.45) is 0 Å². The lowest BCUT2D eigenvalue weighted by Gasteiger charge is -2.21. The van der Waals surface area contributed by atoms with Crippen LogP contribution >= 0.6 is 11.8 Å². The number of thioether (sulfide) groups is 1. The molecule has 0 aromatic heterocycles. The summed E-state index contributed by atoms with van der Waals surface area (Å²) in [6.07, 6.45) is 3.01. The van der Waals surface area contributed by atoms with Gasteiger partial charge in [-0.2, -0.15) is 11.8 Å². The number of rotatable bonds is 6. The van der Waals surface area contributed by atoms with Crippen molar-refractivity contribution in [2.45, 2.75) is 31.3 Å². The van der Waals surface area contributed by atoms with Crippen LogP contribution in [0.1, 0.15) is 24.8 Å². The van der Waals surface area contributed by atoms with Crippen LogP contribution in [-0.2, 0) is 11.2 Å². The van der Waals surface area contributed by atoms with Crippen molar-refractivity contribution >= 4 is 28.4 Å². The van der Waals surface area contributed by atoms with Crippen molar-refractivity contribution in [2.75, 3.05) is 18.1 Å². The number of carbonyl (C=O) groups excluding carboxylic acids is 1. The molecule has 1 saturated heterocycles. The predicted octanol–water partition coefficient (Wildman–Crippen LogP) is 3.15. The third kappa shape index (κ3) is 4.49. The summed E-state index contributed by atoms with van der Waals surface area (Å²) in [7, 11) is 0. The molecule has 3 rings (SSSR count). The molecule has 0 spiro atoms. The highest BCUT2D eigenvalue weighted by molar-refractivity contribution is 7.99. The number of benzene rings is 2. The first-order valence-corrected chi connectivity index (χ1v) is 9.35. The molecule has 1 aliphatic rings. The lowest BCUT2D eigenvalue weighted by Crippen LogP contribution is -2.42. The molecule has 0 aliphatic carbocycles. The minimum atomic E-state index is -0.696. The van der Waals surface area contributed by atoms with Crippen LogP contribution in [0.3, 0.4) is 0 Å². The number of nitrogens with one attached hydrogen (secondary N) is 1. The number of fused-ring (bicyclic) bond motifs is 1. The molecule has 1 amide bonds. The molecule has 23 heavy (non-hydrogen) atoms. The Balaban J connectivity index is 1.43. The van der Waals surface area contributed by atoms with E-state index in [1.54, 1.807) is 11.8 Å². The first-order chi connectivity index (χ1) is 11.1. The summed E-state index contributed by atoms with van der Waals surface area (Å²) < 4.78 is 0. The molecule has 2 aromatic rings. The molecule has 4 heteroatoms. The fourth-order valence-corrected chi connectivity index (χ4v) is 4.23. The first kappa shape index (κ1) is 16.3. The van der Waals surface area contributed by atoms with Crippen LogP contribution in [0.4, 0.5) is 0 Å². The van der Waals surface area contributed by atoms with Crippen LogP contribution in [0.2, 0.25) is 0 Å². The molecule has 3 nitrogen and oxygen atoms in total. The Hall–Kier alpha value is -1.52. The first-order valence-electron chi connectivity index (χ1n) is 8.19. The fourth-order valence-electron chi connectivity index (χ4n) is 2.93. The molecule has 2 N–H and O–H groups in total.